The molecule has 0 N–H and O–H groups in total. The molecule has 1 aliphatic carbocycles. The van der Waals surface area contributed by atoms with Gasteiger partial charge in [-0.05, 0) is 69.2 Å². The summed E-state index contributed by atoms with van der Waals surface area (Å²) >= 11 is 0. The van der Waals surface area contributed by atoms with Crippen molar-refractivity contribution in [2.24, 2.45) is 11.3 Å². The number of esters is 1. The molecule has 2 aliphatic heterocycles. The van der Waals surface area contributed by atoms with Crippen molar-refractivity contribution in [3.63, 3.8) is 0 Å². The minimum atomic E-state index is -0.363. The number of piperidine rings is 1. The van der Waals surface area contributed by atoms with Gasteiger partial charge in [0.15, 0.2) is 0 Å². The highest BCUT2D eigenvalue weighted by atomic mass is 16.5. The maximum absolute atomic E-state index is 13.3. The Morgan fingerprint density at radius 1 is 1.23 bits per heavy atom. The lowest BCUT2D eigenvalue weighted by molar-refractivity contribution is -0.170. The Morgan fingerprint density at radius 2 is 2.03 bits per heavy atom. The van der Waals surface area contributed by atoms with Crippen molar-refractivity contribution in [2.45, 2.75) is 52.1 Å². The van der Waals surface area contributed by atoms with Crippen molar-refractivity contribution in [2.75, 3.05) is 53.1 Å². The zero-order valence-corrected chi connectivity index (χ0v) is 19.4. The monoisotopic (exact) mass is 430 g/mol. The number of carbonyl (C=O) groups is 1. The number of rotatable bonds is 6. The van der Waals surface area contributed by atoms with E-state index in [4.69, 9.17) is 14.2 Å². The smallest absolute Gasteiger partial charge is 0.313 e. The van der Waals surface area contributed by atoms with Crippen LogP contribution in [0, 0.1) is 18.3 Å². The number of hydrogen-bond donors (Lipinski definition) is 0. The van der Waals surface area contributed by atoms with Crippen LogP contribution in [-0.2, 0) is 20.8 Å². The van der Waals surface area contributed by atoms with Gasteiger partial charge >= 0.3 is 5.97 Å². The largest absolute Gasteiger partial charge is 0.496 e. The molecule has 0 bridgehead atoms. The van der Waals surface area contributed by atoms with E-state index < -0.39 is 0 Å². The van der Waals surface area contributed by atoms with E-state index >= 15 is 0 Å². The van der Waals surface area contributed by atoms with Crippen LogP contribution >= 0.6 is 0 Å². The summed E-state index contributed by atoms with van der Waals surface area (Å²) < 4.78 is 16.6. The lowest BCUT2D eigenvalue weighted by Gasteiger charge is -2.52. The molecule has 31 heavy (non-hydrogen) atoms. The van der Waals surface area contributed by atoms with Gasteiger partial charge in [0.2, 0.25) is 0 Å². The number of carbonyl (C=O) groups excluding carboxylic acids is 1. The van der Waals surface area contributed by atoms with Gasteiger partial charge in [-0.15, -0.1) is 0 Å². The van der Waals surface area contributed by atoms with Gasteiger partial charge < -0.3 is 14.2 Å². The summed E-state index contributed by atoms with van der Waals surface area (Å²) in [6.07, 6.45) is 4.17. The van der Waals surface area contributed by atoms with Crippen molar-refractivity contribution < 1.29 is 19.0 Å². The molecule has 0 radical (unpaired) electrons. The zero-order chi connectivity index (χ0) is 21.8. The Balaban J connectivity index is 1.48. The molecule has 6 nitrogen and oxygen atoms in total. The third-order valence-corrected chi connectivity index (χ3v) is 7.67. The summed E-state index contributed by atoms with van der Waals surface area (Å²) in [6, 6.07) is 6.97. The fourth-order valence-electron chi connectivity index (χ4n) is 6.03. The van der Waals surface area contributed by atoms with Crippen LogP contribution in [0.5, 0.6) is 5.75 Å². The molecule has 3 atom stereocenters. The third kappa shape index (κ3) is 4.76. The summed E-state index contributed by atoms with van der Waals surface area (Å²) in [7, 11) is 1.71. The Labute approximate surface area is 186 Å². The van der Waals surface area contributed by atoms with Crippen LogP contribution in [0.15, 0.2) is 18.2 Å². The minimum Gasteiger partial charge on any atom is -0.496 e. The Kier molecular flexibility index (Phi) is 7.19. The molecule has 0 amide bonds. The standard InChI is InChI=1S/C25H38N2O4/c1-4-31-24(28)25-9-7-22(27-11-13-30-14-12-27)16-21(25)8-10-26(18-25)17-20-5-6-23(29-3)19(2)15-20/h5-6,15,21-22H,4,7-14,16-18H2,1-3H3/t21-,22-,25-/m1/s1. The van der Waals surface area contributed by atoms with Crippen LogP contribution in [0.25, 0.3) is 0 Å². The number of fused-ring (bicyclic) bond motifs is 1. The molecule has 172 valence electrons. The zero-order valence-electron chi connectivity index (χ0n) is 19.4. The summed E-state index contributed by atoms with van der Waals surface area (Å²) in [5.74, 6) is 1.35. The lowest BCUT2D eigenvalue weighted by Crippen LogP contribution is -2.58. The molecule has 1 saturated carbocycles. The SMILES string of the molecule is CCOC(=O)[C@@]12CC[C@@H](N3CCOCC3)C[C@H]1CCN(Cc1ccc(OC)c(C)c1)C2. The number of nitrogens with zero attached hydrogens (tertiary/aromatic N) is 2. The van der Waals surface area contributed by atoms with Gasteiger partial charge in [0.1, 0.15) is 5.75 Å². The average Bonchev–Trinajstić information content (AvgIpc) is 2.79. The fourth-order valence-corrected chi connectivity index (χ4v) is 6.03. The van der Waals surface area contributed by atoms with Crippen LogP contribution in [0.1, 0.15) is 43.7 Å². The number of benzene rings is 1. The maximum Gasteiger partial charge on any atom is 0.313 e. The van der Waals surface area contributed by atoms with E-state index in [0.717, 1.165) is 82.9 Å². The number of morpholine rings is 1. The number of likely N-dealkylation sites (tertiary alicyclic amines) is 1. The second kappa shape index (κ2) is 9.88. The van der Waals surface area contributed by atoms with E-state index in [0.29, 0.717) is 18.6 Å². The molecule has 3 aliphatic rings. The van der Waals surface area contributed by atoms with Crippen molar-refractivity contribution in [3.05, 3.63) is 29.3 Å². The van der Waals surface area contributed by atoms with Crippen LogP contribution in [0.2, 0.25) is 0 Å². The predicted molar refractivity (Wildman–Crippen MR) is 120 cm³/mol. The highest BCUT2D eigenvalue weighted by Crippen LogP contribution is 2.48. The summed E-state index contributed by atoms with van der Waals surface area (Å²) in [4.78, 5) is 18.3. The number of ether oxygens (including phenoxy) is 3. The van der Waals surface area contributed by atoms with Gasteiger partial charge in [-0.3, -0.25) is 14.6 Å². The molecule has 2 heterocycles. The topological polar surface area (TPSA) is 51.2 Å². The van der Waals surface area contributed by atoms with Crippen molar-refractivity contribution >= 4 is 5.97 Å². The molecule has 4 rings (SSSR count). The Hall–Kier alpha value is -1.63. The Bertz CT molecular complexity index is 764. The molecule has 6 heteroatoms. The number of hydrogen-bond acceptors (Lipinski definition) is 6. The molecule has 1 aromatic rings. The average molecular weight is 431 g/mol. The molecule has 0 unspecified atom stereocenters. The van der Waals surface area contributed by atoms with E-state index in [1.54, 1.807) is 7.11 Å². The first-order chi connectivity index (χ1) is 15.1. The molecular formula is C25H38N2O4. The first-order valence-corrected chi connectivity index (χ1v) is 11.9. The van der Waals surface area contributed by atoms with Gasteiger partial charge in [-0.1, -0.05) is 12.1 Å². The van der Waals surface area contributed by atoms with E-state index in [1.807, 2.05) is 13.0 Å². The molecule has 0 spiro atoms. The second-order valence-corrected chi connectivity index (χ2v) is 9.45. The summed E-state index contributed by atoms with van der Waals surface area (Å²) in [5.41, 5.74) is 2.07. The van der Waals surface area contributed by atoms with Crippen molar-refractivity contribution in [3.8, 4) is 5.75 Å². The van der Waals surface area contributed by atoms with Crippen LogP contribution < -0.4 is 4.74 Å². The molecule has 0 aromatic heterocycles. The quantitative estimate of drug-likeness (QED) is 0.646. The van der Waals surface area contributed by atoms with E-state index in [2.05, 4.69) is 28.9 Å². The van der Waals surface area contributed by atoms with Crippen molar-refractivity contribution in [1.82, 2.24) is 9.80 Å². The van der Waals surface area contributed by atoms with E-state index in [9.17, 15) is 4.79 Å². The second-order valence-electron chi connectivity index (χ2n) is 9.45. The first kappa shape index (κ1) is 22.6. The minimum absolute atomic E-state index is 0.0241. The van der Waals surface area contributed by atoms with Crippen LogP contribution in [0.3, 0.4) is 0 Å². The fraction of sp³-hybridized carbons (Fsp3) is 0.720. The molecule has 2 saturated heterocycles. The van der Waals surface area contributed by atoms with Gasteiger partial charge in [0.25, 0.3) is 0 Å². The Morgan fingerprint density at radius 3 is 2.74 bits per heavy atom. The number of aryl methyl sites for hydroxylation is 1. The van der Waals surface area contributed by atoms with Crippen LogP contribution in [-0.4, -0.2) is 74.9 Å². The van der Waals surface area contributed by atoms with Crippen molar-refractivity contribution in [1.29, 1.82) is 0 Å². The van der Waals surface area contributed by atoms with Gasteiger partial charge in [-0.2, -0.15) is 0 Å². The lowest BCUT2D eigenvalue weighted by atomic mass is 9.61. The van der Waals surface area contributed by atoms with Gasteiger partial charge in [0.05, 0.1) is 32.3 Å². The van der Waals surface area contributed by atoms with Crippen LogP contribution in [0.4, 0.5) is 0 Å². The summed E-state index contributed by atoms with van der Waals surface area (Å²) in [6.45, 7) is 10.9. The summed E-state index contributed by atoms with van der Waals surface area (Å²) in [5, 5.41) is 0. The highest BCUT2D eigenvalue weighted by Gasteiger charge is 2.53. The van der Waals surface area contributed by atoms with E-state index in [1.165, 1.54) is 5.56 Å². The maximum atomic E-state index is 13.3. The van der Waals surface area contributed by atoms with Gasteiger partial charge in [0, 0.05) is 32.2 Å². The first-order valence-electron chi connectivity index (χ1n) is 11.9. The molecule has 1 aromatic carbocycles. The molecule has 3 fully saturated rings. The predicted octanol–water partition coefficient (Wildman–Crippen LogP) is 3.26. The highest BCUT2D eigenvalue weighted by molar-refractivity contribution is 5.78. The van der Waals surface area contributed by atoms with E-state index in [-0.39, 0.29) is 11.4 Å². The number of methoxy groups -OCH3 is 1. The molecular weight excluding hydrogens is 392 g/mol. The van der Waals surface area contributed by atoms with Gasteiger partial charge in [-0.25, -0.2) is 0 Å². The third-order valence-electron chi connectivity index (χ3n) is 7.67. The normalized spacial score (nSPS) is 29.9.